The summed E-state index contributed by atoms with van der Waals surface area (Å²) >= 11 is 0. The summed E-state index contributed by atoms with van der Waals surface area (Å²) < 4.78 is 40.2. The standard InChI is InChI=1S/C28H46N4O5S/c1-22-19-26(36-4)20-23(2)28(22)38(34,35)32-11-6-5-7-25(32)10-18-37-21-27(33)31-16-14-30(15-17-31)24-8-12-29(3)13-9-24/h19-20,24-25H,5-18,21H2,1-4H3/t25-/m0/s1. The van der Waals surface area contributed by atoms with Gasteiger partial charge in [-0.15, -0.1) is 0 Å². The summed E-state index contributed by atoms with van der Waals surface area (Å²) in [7, 11) is 0.122. The minimum absolute atomic E-state index is 0.0330. The lowest BCUT2D eigenvalue weighted by Gasteiger charge is -2.42. The van der Waals surface area contributed by atoms with Crippen molar-refractivity contribution in [3.05, 3.63) is 23.3 Å². The minimum Gasteiger partial charge on any atom is -0.497 e. The number of nitrogens with zero attached hydrogens (tertiary/aromatic N) is 4. The number of hydrogen-bond acceptors (Lipinski definition) is 7. The van der Waals surface area contributed by atoms with E-state index >= 15 is 0 Å². The predicted octanol–water partition coefficient (Wildman–Crippen LogP) is 2.50. The molecule has 3 saturated heterocycles. The van der Waals surface area contributed by atoms with Gasteiger partial charge in [-0.1, -0.05) is 6.42 Å². The third-order valence-electron chi connectivity index (χ3n) is 8.50. The molecule has 214 valence electrons. The van der Waals surface area contributed by atoms with Crippen molar-refractivity contribution >= 4 is 15.9 Å². The largest absolute Gasteiger partial charge is 0.497 e. The molecule has 3 aliphatic heterocycles. The van der Waals surface area contributed by atoms with Gasteiger partial charge in [-0.3, -0.25) is 9.69 Å². The molecule has 0 spiro atoms. The Morgan fingerprint density at radius 3 is 2.24 bits per heavy atom. The molecule has 1 aromatic carbocycles. The van der Waals surface area contributed by atoms with Crippen molar-refractivity contribution < 1.29 is 22.7 Å². The Bertz CT molecular complexity index is 1030. The Hall–Kier alpha value is -1.72. The van der Waals surface area contributed by atoms with Gasteiger partial charge < -0.3 is 19.3 Å². The van der Waals surface area contributed by atoms with E-state index in [2.05, 4.69) is 16.8 Å². The van der Waals surface area contributed by atoms with E-state index in [1.165, 1.54) is 12.8 Å². The zero-order valence-corrected chi connectivity index (χ0v) is 24.5. The van der Waals surface area contributed by atoms with Crippen molar-refractivity contribution in [2.75, 3.05) is 73.2 Å². The molecule has 3 fully saturated rings. The topological polar surface area (TPSA) is 82.6 Å². The van der Waals surface area contributed by atoms with Crippen LogP contribution in [-0.2, 0) is 19.6 Å². The van der Waals surface area contributed by atoms with Crippen LogP contribution in [-0.4, -0.2) is 119 Å². The molecule has 0 aromatic heterocycles. The average Bonchev–Trinajstić information content (AvgIpc) is 2.91. The summed E-state index contributed by atoms with van der Waals surface area (Å²) in [6.45, 7) is 10.3. The molecule has 0 bridgehead atoms. The fraction of sp³-hybridized carbons (Fsp3) is 0.750. The molecule has 0 aliphatic carbocycles. The predicted molar refractivity (Wildman–Crippen MR) is 148 cm³/mol. The highest BCUT2D eigenvalue weighted by Crippen LogP contribution is 2.32. The van der Waals surface area contributed by atoms with Crippen LogP contribution in [0.3, 0.4) is 0 Å². The Kier molecular flexibility index (Phi) is 10.1. The highest BCUT2D eigenvalue weighted by molar-refractivity contribution is 7.89. The normalized spacial score (nSPS) is 23.1. The van der Waals surface area contributed by atoms with Gasteiger partial charge in [0.25, 0.3) is 0 Å². The Balaban J connectivity index is 1.25. The Morgan fingerprint density at radius 2 is 1.61 bits per heavy atom. The van der Waals surface area contributed by atoms with Gasteiger partial charge >= 0.3 is 0 Å². The number of piperazine rings is 1. The average molecular weight is 551 g/mol. The van der Waals surface area contributed by atoms with Crippen LogP contribution in [0.1, 0.15) is 49.7 Å². The molecule has 38 heavy (non-hydrogen) atoms. The summed E-state index contributed by atoms with van der Waals surface area (Å²) in [5, 5.41) is 0. The molecular formula is C28H46N4O5S. The van der Waals surface area contributed by atoms with Crippen molar-refractivity contribution in [2.24, 2.45) is 0 Å². The second-order valence-corrected chi connectivity index (χ2v) is 13.0. The lowest BCUT2D eigenvalue weighted by molar-refractivity contribution is -0.138. The molecule has 0 radical (unpaired) electrons. The second kappa shape index (κ2) is 13.1. The molecule has 1 amide bonds. The van der Waals surface area contributed by atoms with Gasteiger partial charge in [0.15, 0.2) is 0 Å². The smallest absolute Gasteiger partial charge is 0.248 e. The maximum atomic E-state index is 13.7. The van der Waals surface area contributed by atoms with Crippen LogP contribution in [0.25, 0.3) is 0 Å². The number of rotatable bonds is 9. The number of amides is 1. The molecule has 0 N–H and O–H groups in total. The van der Waals surface area contributed by atoms with Gasteiger partial charge in [0.2, 0.25) is 15.9 Å². The zero-order chi connectivity index (χ0) is 27.3. The number of carbonyl (C=O) groups excluding carboxylic acids is 1. The number of hydrogen-bond donors (Lipinski definition) is 0. The first-order valence-corrected chi connectivity index (χ1v) is 15.6. The van der Waals surface area contributed by atoms with Crippen molar-refractivity contribution in [1.82, 2.24) is 19.0 Å². The number of piperidine rings is 2. The first kappa shape index (κ1) is 29.3. The summed E-state index contributed by atoms with van der Waals surface area (Å²) in [6.07, 6.45) is 5.66. The number of carbonyl (C=O) groups is 1. The molecule has 1 atom stereocenters. The SMILES string of the molecule is COc1cc(C)c(S(=O)(=O)N2CCCC[C@H]2CCOCC(=O)N2CCN(C3CCN(C)CC3)CC2)c(C)c1. The summed E-state index contributed by atoms with van der Waals surface area (Å²) in [6, 6.07) is 4.07. The van der Waals surface area contributed by atoms with E-state index in [0.717, 1.165) is 58.5 Å². The molecule has 4 rings (SSSR count). The quantitative estimate of drug-likeness (QED) is 0.437. The summed E-state index contributed by atoms with van der Waals surface area (Å²) in [5.41, 5.74) is 1.40. The van der Waals surface area contributed by atoms with Gasteiger partial charge in [-0.05, 0) is 89.3 Å². The van der Waals surface area contributed by atoms with Gasteiger partial charge in [0, 0.05) is 51.4 Å². The third-order valence-corrected chi connectivity index (χ3v) is 10.8. The number of benzene rings is 1. The molecule has 1 aromatic rings. The van der Waals surface area contributed by atoms with Gasteiger partial charge in [0.1, 0.15) is 12.4 Å². The fourth-order valence-electron chi connectivity index (χ4n) is 6.30. The monoisotopic (exact) mass is 550 g/mol. The first-order valence-electron chi connectivity index (χ1n) is 14.2. The van der Waals surface area contributed by atoms with E-state index in [4.69, 9.17) is 9.47 Å². The maximum Gasteiger partial charge on any atom is 0.248 e. The lowest BCUT2D eigenvalue weighted by Crippen LogP contribution is -2.54. The van der Waals surface area contributed by atoms with E-state index in [1.807, 2.05) is 18.7 Å². The van der Waals surface area contributed by atoms with Gasteiger partial charge in [0.05, 0.1) is 12.0 Å². The number of methoxy groups -OCH3 is 1. The zero-order valence-electron chi connectivity index (χ0n) is 23.7. The number of likely N-dealkylation sites (tertiary alicyclic amines) is 1. The molecule has 3 heterocycles. The van der Waals surface area contributed by atoms with Crippen LogP contribution in [0.4, 0.5) is 0 Å². The number of aryl methyl sites for hydroxylation is 2. The highest BCUT2D eigenvalue weighted by Gasteiger charge is 2.35. The summed E-state index contributed by atoms with van der Waals surface area (Å²) in [5.74, 6) is 0.695. The molecule has 0 unspecified atom stereocenters. The molecule has 9 nitrogen and oxygen atoms in total. The van der Waals surface area contributed by atoms with Crippen LogP contribution in [0.15, 0.2) is 17.0 Å². The molecule has 3 aliphatic rings. The first-order chi connectivity index (χ1) is 18.2. The lowest BCUT2D eigenvalue weighted by atomic mass is 10.0. The van der Waals surface area contributed by atoms with Crippen molar-refractivity contribution in [3.8, 4) is 5.75 Å². The van der Waals surface area contributed by atoms with Crippen LogP contribution in [0.2, 0.25) is 0 Å². The highest BCUT2D eigenvalue weighted by atomic mass is 32.2. The van der Waals surface area contributed by atoms with E-state index in [9.17, 15) is 13.2 Å². The molecule has 10 heteroatoms. The van der Waals surface area contributed by atoms with E-state index < -0.39 is 10.0 Å². The fourth-order valence-corrected chi connectivity index (χ4v) is 8.44. The van der Waals surface area contributed by atoms with Crippen LogP contribution >= 0.6 is 0 Å². The van der Waals surface area contributed by atoms with Crippen molar-refractivity contribution in [3.63, 3.8) is 0 Å². The van der Waals surface area contributed by atoms with Crippen LogP contribution < -0.4 is 4.74 Å². The summed E-state index contributed by atoms with van der Waals surface area (Å²) in [4.78, 5) is 20.0. The van der Waals surface area contributed by atoms with Crippen molar-refractivity contribution in [2.45, 2.75) is 69.4 Å². The minimum atomic E-state index is -3.65. The number of ether oxygens (including phenoxy) is 2. The Morgan fingerprint density at radius 1 is 0.947 bits per heavy atom. The van der Waals surface area contributed by atoms with Crippen molar-refractivity contribution in [1.29, 1.82) is 0 Å². The van der Waals surface area contributed by atoms with Gasteiger partial charge in [-0.2, -0.15) is 4.31 Å². The van der Waals surface area contributed by atoms with Crippen LogP contribution in [0, 0.1) is 13.8 Å². The second-order valence-electron chi connectivity index (χ2n) is 11.1. The van der Waals surface area contributed by atoms with Gasteiger partial charge in [-0.25, -0.2) is 8.42 Å². The third kappa shape index (κ3) is 6.88. The molecular weight excluding hydrogens is 504 g/mol. The van der Waals surface area contributed by atoms with E-state index in [1.54, 1.807) is 23.5 Å². The van der Waals surface area contributed by atoms with E-state index in [0.29, 0.717) is 47.4 Å². The number of sulfonamides is 1. The molecule has 0 saturated carbocycles. The van der Waals surface area contributed by atoms with E-state index in [-0.39, 0.29) is 18.6 Å². The maximum absolute atomic E-state index is 13.7. The van der Waals surface area contributed by atoms with Crippen LogP contribution in [0.5, 0.6) is 5.75 Å². The Labute approximate surface area is 229 Å².